The minimum atomic E-state index is -0.493. The number of hydrogen-bond acceptors (Lipinski definition) is 3. The minimum absolute atomic E-state index is 0.493. The Balaban J connectivity index is 1.17. The normalized spacial score (nSPS) is 13.4. The van der Waals surface area contributed by atoms with Crippen molar-refractivity contribution >= 4 is 71.1 Å². The largest absolute Gasteiger partial charge is 0.310 e. The maximum atomic E-state index is 2.52. The van der Waals surface area contributed by atoms with Gasteiger partial charge in [0.15, 0.2) is 0 Å². The van der Waals surface area contributed by atoms with Gasteiger partial charge in [0.25, 0.3) is 0 Å². The molecule has 2 heterocycles. The van der Waals surface area contributed by atoms with Crippen molar-refractivity contribution in [3.05, 3.63) is 222 Å². The van der Waals surface area contributed by atoms with Crippen molar-refractivity contribution in [2.24, 2.45) is 0 Å². The minimum Gasteiger partial charge on any atom is -0.310 e. The van der Waals surface area contributed by atoms with E-state index in [0.717, 1.165) is 11.4 Å². The highest BCUT2D eigenvalue weighted by Crippen LogP contribution is 2.64. The Morgan fingerprint density at radius 2 is 1.05 bits per heavy atom. The quantitative estimate of drug-likeness (QED) is 0.176. The van der Waals surface area contributed by atoms with Gasteiger partial charge in [-0.05, 0) is 110 Å². The fourth-order valence-corrected chi connectivity index (χ4v) is 11.9. The van der Waals surface area contributed by atoms with Crippen molar-refractivity contribution in [2.75, 3.05) is 4.90 Å². The maximum Gasteiger partial charge on any atom is 0.0736 e. The first-order valence-electron chi connectivity index (χ1n) is 19.2. The summed E-state index contributed by atoms with van der Waals surface area (Å²) in [6, 6.07) is 74.6. The van der Waals surface area contributed by atoms with Crippen molar-refractivity contribution < 1.29 is 0 Å². The molecule has 0 N–H and O–H groups in total. The molecule has 1 spiro atoms. The van der Waals surface area contributed by atoms with Gasteiger partial charge in [-0.15, -0.1) is 11.3 Å². The van der Waals surface area contributed by atoms with E-state index in [0.29, 0.717) is 0 Å². The summed E-state index contributed by atoms with van der Waals surface area (Å²) in [5.74, 6) is 0. The number of nitrogens with zero attached hydrogens (tertiary/aromatic N) is 1. The van der Waals surface area contributed by atoms with Gasteiger partial charge in [-0.3, -0.25) is 0 Å². The summed E-state index contributed by atoms with van der Waals surface area (Å²) < 4.78 is 2.59. The van der Waals surface area contributed by atoms with Gasteiger partial charge >= 0.3 is 0 Å². The van der Waals surface area contributed by atoms with Crippen LogP contribution in [-0.4, -0.2) is 0 Å². The number of benzene rings is 9. The number of thiophene rings is 1. The predicted molar refractivity (Wildman–Crippen MR) is 238 cm³/mol. The number of hydrogen-bond donors (Lipinski definition) is 0. The van der Waals surface area contributed by atoms with Gasteiger partial charge in [-0.1, -0.05) is 157 Å². The van der Waals surface area contributed by atoms with Crippen molar-refractivity contribution in [3.63, 3.8) is 0 Å². The zero-order valence-electron chi connectivity index (χ0n) is 30.3. The molecule has 9 aromatic carbocycles. The standard InChI is InChI=1S/C53H33NS2/c1-2-13-34(14-3-1)35-25-28-37(29-26-35)54(46-20-12-24-50-52(46)41-17-6-9-21-47(41)55-50)38-30-31-40-45(33-38)53(44-32-27-36-15-4-5-16-39(36)51(40)44)42-18-7-10-22-48(42)56-49-23-11-8-19-43(49)53/h1-33H. The fraction of sp³-hybridized carbons (Fsp3) is 0.0189. The van der Waals surface area contributed by atoms with Crippen LogP contribution in [0.3, 0.4) is 0 Å². The molecule has 0 bridgehead atoms. The summed E-state index contributed by atoms with van der Waals surface area (Å²) in [6.45, 7) is 0. The van der Waals surface area contributed by atoms with Crippen molar-refractivity contribution in [1.29, 1.82) is 0 Å². The fourth-order valence-electron chi connectivity index (χ4n) is 9.60. The summed E-state index contributed by atoms with van der Waals surface area (Å²) in [4.78, 5) is 5.12. The molecule has 3 heteroatoms. The molecule has 2 aliphatic rings. The van der Waals surface area contributed by atoms with Crippen LogP contribution in [0.25, 0.3) is 53.2 Å². The van der Waals surface area contributed by atoms with Crippen LogP contribution in [0, 0.1) is 0 Å². The Hall–Kier alpha value is -6.39. The molecule has 0 unspecified atom stereocenters. The van der Waals surface area contributed by atoms with Gasteiger partial charge in [0, 0.05) is 41.3 Å². The Kier molecular flexibility index (Phi) is 7.01. The third kappa shape index (κ3) is 4.50. The molecule has 262 valence electrons. The van der Waals surface area contributed by atoms with Crippen LogP contribution in [0.1, 0.15) is 22.3 Å². The zero-order chi connectivity index (χ0) is 36.8. The summed E-state index contributed by atoms with van der Waals surface area (Å²) >= 11 is 3.76. The average molecular weight is 748 g/mol. The van der Waals surface area contributed by atoms with E-state index in [-0.39, 0.29) is 0 Å². The second-order valence-electron chi connectivity index (χ2n) is 14.8. The van der Waals surface area contributed by atoms with E-state index in [2.05, 4.69) is 205 Å². The molecule has 0 fully saturated rings. The molecule has 1 aliphatic heterocycles. The average Bonchev–Trinajstić information content (AvgIpc) is 3.79. The number of anilines is 3. The number of rotatable bonds is 4. The van der Waals surface area contributed by atoms with Gasteiger partial charge in [0.05, 0.1) is 11.1 Å². The first-order valence-corrected chi connectivity index (χ1v) is 20.8. The molecule has 1 nitrogen and oxygen atoms in total. The lowest BCUT2D eigenvalue weighted by atomic mass is 9.67. The lowest BCUT2D eigenvalue weighted by molar-refractivity contribution is 0.723. The van der Waals surface area contributed by atoms with E-state index in [1.807, 2.05) is 23.1 Å². The van der Waals surface area contributed by atoms with Gasteiger partial charge in [0.2, 0.25) is 0 Å². The lowest BCUT2D eigenvalue weighted by Gasteiger charge is -2.40. The number of fused-ring (bicyclic) bond motifs is 14. The van der Waals surface area contributed by atoms with Gasteiger partial charge in [0.1, 0.15) is 0 Å². The molecule has 1 aromatic heterocycles. The Morgan fingerprint density at radius 1 is 0.411 bits per heavy atom. The molecular weight excluding hydrogens is 715 g/mol. The zero-order valence-corrected chi connectivity index (χ0v) is 31.9. The van der Waals surface area contributed by atoms with Crippen LogP contribution in [0.2, 0.25) is 0 Å². The Morgan fingerprint density at radius 3 is 1.86 bits per heavy atom. The second kappa shape index (κ2) is 12.3. The van der Waals surface area contributed by atoms with Crippen LogP contribution in [0.15, 0.2) is 210 Å². The van der Waals surface area contributed by atoms with Crippen LogP contribution >= 0.6 is 23.1 Å². The van der Waals surface area contributed by atoms with Gasteiger partial charge < -0.3 is 4.90 Å². The van der Waals surface area contributed by atoms with Crippen molar-refractivity contribution in [2.45, 2.75) is 15.2 Å². The molecule has 12 rings (SSSR count). The molecule has 0 amide bonds. The molecule has 10 aromatic rings. The SMILES string of the molecule is c1ccc(-c2ccc(N(c3ccc4c(c3)C3(c5ccccc5Sc5ccccc53)c3ccc5ccccc5c3-4)c3cccc4sc5ccccc5c34)cc2)cc1. The Labute approximate surface area is 334 Å². The topological polar surface area (TPSA) is 3.24 Å². The molecular formula is C53H33NS2. The highest BCUT2D eigenvalue weighted by molar-refractivity contribution is 7.99. The monoisotopic (exact) mass is 747 g/mol. The summed E-state index contributed by atoms with van der Waals surface area (Å²) in [7, 11) is 0. The highest BCUT2D eigenvalue weighted by Gasteiger charge is 2.51. The van der Waals surface area contributed by atoms with Gasteiger partial charge in [-0.25, -0.2) is 0 Å². The van der Waals surface area contributed by atoms with Crippen molar-refractivity contribution in [1.82, 2.24) is 0 Å². The molecule has 0 saturated heterocycles. The first kappa shape index (κ1) is 31.9. The van der Waals surface area contributed by atoms with Crippen LogP contribution < -0.4 is 4.90 Å². The van der Waals surface area contributed by atoms with E-state index < -0.39 is 5.41 Å². The molecule has 1 aliphatic carbocycles. The predicted octanol–water partition coefficient (Wildman–Crippen LogP) is 15.2. The highest BCUT2D eigenvalue weighted by atomic mass is 32.2. The lowest BCUT2D eigenvalue weighted by Crippen LogP contribution is -2.32. The summed E-state index contributed by atoms with van der Waals surface area (Å²) in [5.41, 5.74) is 13.4. The van der Waals surface area contributed by atoms with Crippen LogP contribution in [-0.2, 0) is 5.41 Å². The van der Waals surface area contributed by atoms with E-state index in [1.165, 1.54) is 90.9 Å². The van der Waals surface area contributed by atoms with E-state index >= 15 is 0 Å². The molecule has 56 heavy (non-hydrogen) atoms. The molecule has 0 atom stereocenters. The first-order chi connectivity index (χ1) is 27.8. The van der Waals surface area contributed by atoms with E-state index in [1.54, 1.807) is 0 Å². The van der Waals surface area contributed by atoms with E-state index in [9.17, 15) is 0 Å². The van der Waals surface area contributed by atoms with Crippen molar-refractivity contribution in [3.8, 4) is 22.3 Å². The molecule has 0 saturated carbocycles. The Bertz CT molecular complexity index is 3130. The maximum absolute atomic E-state index is 2.52. The van der Waals surface area contributed by atoms with Crippen LogP contribution in [0.4, 0.5) is 17.1 Å². The van der Waals surface area contributed by atoms with E-state index in [4.69, 9.17) is 0 Å². The third-order valence-electron chi connectivity index (χ3n) is 11.9. The molecule has 0 radical (unpaired) electrons. The van der Waals surface area contributed by atoms with Crippen LogP contribution in [0.5, 0.6) is 0 Å². The third-order valence-corrected chi connectivity index (χ3v) is 14.2. The summed E-state index contributed by atoms with van der Waals surface area (Å²) in [6.07, 6.45) is 0. The summed E-state index contributed by atoms with van der Waals surface area (Å²) in [5, 5.41) is 5.14. The smallest absolute Gasteiger partial charge is 0.0736 e. The second-order valence-corrected chi connectivity index (χ2v) is 16.9. The van der Waals surface area contributed by atoms with Gasteiger partial charge in [-0.2, -0.15) is 0 Å².